The second-order valence-corrected chi connectivity index (χ2v) is 2.27. The molecular weight excluding hydrogens is 284 g/mol. The Hall–Kier alpha value is 0.734. The molecule has 0 saturated heterocycles. The molecule has 0 radical (unpaired) electrons. The number of benzene rings is 1. The summed E-state index contributed by atoms with van der Waals surface area (Å²) in [6.45, 7) is 0. The number of rotatable bonds is 0. The molecule has 0 aliphatic carbocycles. The van der Waals surface area contributed by atoms with Crippen molar-refractivity contribution in [3.8, 4) is 0 Å². The van der Waals surface area contributed by atoms with Crippen LogP contribution in [0.15, 0.2) is 22.7 Å². The molecule has 0 heterocycles. The molecule has 1 rings (SSSR count). The first-order valence-electron chi connectivity index (χ1n) is 2.12. The van der Waals surface area contributed by atoms with Crippen LogP contribution in [-0.4, -0.2) is 0 Å². The Bertz CT molecular complexity index is 153. The van der Waals surface area contributed by atoms with Crippen LogP contribution < -0.4 is 0 Å². The quantitative estimate of drug-likeness (QED) is 0.644. The maximum Gasteiger partial charge on any atom is 3.00 e. The van der Waals surface area contributed by atoms with E-state index in [1.807, 2.05) is 0 Å². The van der Waals surface area contributed by atoms with E-state index in [0.717, 1.165) is 4.47 Å². The summed E-state index contributed by atoms with van der Waals surface area (Å²) in [5.41, 5.74) is 0. The van der Waals surface area contributed by atoms with E-state index in [4.69, 9.17) is 0 Å². The Morgan fingerprint density at radius 1 is 1.27 bits per heavy atom. The summed E-state index contributed by atoms with van der Waals surface area (Å²) in [5, 5.41) is 0. The third-order valence-electron chi connectivity index (χ3n) is 0.737. The van der Waals surface area contributed by atoms with Gasteiger partial charge in [-0.05, 0) is 0 Å². The van der Waals surface area contributed by atoms with Gasteiger partial charge in [-0.15, -0.1) is 28.1 Å². The fourth-order valence-corrected chi connectivity index (χ4v) is 0.634. The zero-order valence-corrected chi connectivity index (χ0v) is 11.0. The third-order valence-corrected chi connectivity index (χ3v) is 1.23. The zero-order chi connectivity index (χ0) is 5.98. The molecule has 0 aromatic heterocycles. The van der Waals surface area contributed by atoms with E-state index in [2.05, 4.69) is 22.0 Å². The van der Waals surface area contributed by atoms with Crippen molar-refractivity contribution >= 4 is 15.9 Å². The molecule has 0 bridgehead atoms. The molecule has 0 fully saturated rings. The van der Waals surface area contributed by atoms with Crippen LogP contribution in [0.1, 0.15) is 0 Å². The van der Waals surface area contributed by atoms with Crippen LogP contribution in [0.3, 0.4) is 0 Å². The van der Waals surface area contributed by atoms with E-state index in [-0.39, 0.29) is 53.4 Å². The Labute approximate surface area is 102 Å². The second-order valence-electron chi connectivity index (χ2n) is 1.35. The molecule has 0 amide bonds. The van der Waals surface area contributed by atoms with Gasteiger partial charge in [0.25, 0.3) is 0 Å². The Morgan fingerprint density at radius 3 is 2.09 bits per heavy atom. The topological polar surface area (TPSA) is 0 Å². The molecule has 0 unspecified atom stereocenters. The van der Waals surface area contributed by atoms with Crippen LogP contribution in [0.4, 0.5) is 4.39 Å². The summed E-state index contributed by atoms with van der Waals surface area (Å²) >= 11 is 3.15. The first kappa shape index (κ1) is 17.7. The summed E-state index contributed by atoms with van der Waals surface area (Å²) in [7, 11) is 0. The van der Waals surface area contributed by atoms with Crippen molar-refractivity contribution in [3.05, 3.63) is 49.4 Å². The molecule has 1 aromatic rings. The van der Waals surface area contributed by atoms with Gasteiger partial charge in [0.05, 0.1) is 0 Å². The monoisotopic (exact) mass is 292 g/mol. The number of hydrogen-bond donors (Lipinski definition) is 0. The molecule has 11 heavy (non-hydrogen) atoms. The van der Waals surface area contributed by atoms with Crippen LogP contribution in [0.25, 0.3) is 0 Å². The molecule has 0 aliphatic heterocycles. The summed E-state index contributed by atoms with van der Waals surface area (Å²) in [5.74, 6) is -0.326. The molecule has 1 aromatic carbocycles. The van der Waals surface area contributed by atoms with Gasteiger partial charge in [-0.1, -0.05) is 4.47 Å². The van der Waals surface area contributed by atoms with Crippen molar-refractivity contribution in [2.45, 2.75) is 0 Å². The van der Waals surface area contributed by atoms with Crippen molar-refractivity contribution in [2.24, 2.45) is 0 Å². The number of halogens is 2. The van der Waals surface area contributed by atoms with Gasteiger partial charge >= 0.3 is 32.7 Å². The fourth-order valence-electron chi connectivity index (χ4n) is 0.387. The maximum atomic E-state index is 12.0. The van der Waals surface area contributed by atoms with E-state index in [9.17, 15) is 4.39 Å². The van der Waals surface area contributed by atoms with E-state index in [1.54, 1.807) is 6.07 Å². The Balaban J connectivity index is -0.000000213. The predicted octanol–water partition coefficient (Wildman–Crippen LogP) is 3.29. The molecular formula is C8H9BrFY. The first-order chi connectivity index (χ1) is 3.79. The first-order valence-corrected chi connectivity index (χ1v) is 2.91. The molecule has 0 saturated carbocycles. The Kier molecular flexibility index (Phi) is 14.2. The average Bonchev–Trinajstić information content (AvgIpc) is 1.77. The van der Waals surface area contributed by atoms with Gasteiger partial charge in [-0.25, -0.2) is 4.39 Å². The van der Waals surface area contributed by atoms with Crippen LogP contribution in [-0.2, 0) is 32.7 Å². The maximum absolute atomic E-state index is 12.0. The van der Waals surface area contributed by atoms with Crippen LogP contribution in [0, 0.1) is 26.7 Å². The van der Waals surface area contributed by atoms with E-state index < -0.39 is 0 Å². The van der Waals surface area contributed by atoms with Gasteiger partial charge in [0.2, 0.25) is 0 Å². The van der Waals surface area contributed by atoms with E-state index in [0.29, 0.717) is 0 Å². The summed E-state index contributed by atoms with van der Waals surface area (Å²) in [6, 6.07) is 6.91. The van der Waals surface area contributed by atoms with Crippen LogP contribution >= 0.6 is 15.9 Å². The fraction of sp³-hybridized carbons (Fsp3) is 0. The van der Waals surface area contributed by atoms with Gasteiger partial charge in [0.15, 0.2) is 0 Å². The summed E-state index contributed by atoms with van der Waals surface area (Å²) < 4.78 is 12.9. The normalized spacial score (nSPS) is 6.73. The van der Waals surface area contributed by atoms with Gasteiger partial charge in [-0.2, -0.15) is 12.1 Å². The third kappa shape index (κ3) is 7.11. The SMILES string of the molecule is Fc1[c-]cc(Br)cc1.[CH3-].[CH3-].[Y+3]. The minimum atomic E-state index is -0.326. The zero-order valence-electron chi connectivity index (χ0n) is 6.57. The Morgan fingerprint density at radius 2 is 1.82 bits per heavy atom. The van der Waals surface area contributed by atoms with Crippen molar-refractivity contribution in [1.29, 1.82) is 0 Å². The van der Waals surface area contributed by atoms with Crippen molar-refractivity contribution in [3.63, 3.8) is 0 Å². The van der Waals surface area contributed by atoms with Gasteiger partial charge in [0.1, 0.15) is 0 Å². The van der Waals surface area contributed by atoms with Crippen LogP contribution in [0.2, 0.25) is 0 Å². The summed E-state index contributed by atoms with van der Waals surface area (Å²) in [4.78, 5) is 0. The molecule has 0 aliphatic rings. The molecule has 0 N–H and O–H groups in total. The van der Waals surface area contributed by atoms with Crippen molar-refractivity contribution in [2.75, 3.05) is 0 Å². The minimum Gasteiger partial charge on any atom is -0.358 e. The molecule has 58 valence electrons. The second kappa shape index (κ2) is 8.83. The van der Waals surface area contributed by atoms with Crippen LogP contribution in [0.5, 0.6) is 0 Å². The molecule has 3 heteroatoms. The van der Waals surface area contributed by atoms with E-state index in [1.165, 1.54) is 12.1 Å². The molecule has 0 nitrogen and oxygen atoms in total. The van der Waals surface area contributed by atoms with Crippen molar-refractivity contribution in [1.82, 2.24) is 0 Å². The standard InChI is InChI=1S/C6H3BrF.2CH3.Y/c7-5-1-3-6(8)4-2-5;;;/h1-3H;2*1H3;/q3*-1;+3. The smallest absolute Gasteiger partial charge is 0.358 e. The minimum absolute atomic E-state index is 0. The predicted molar refractivity (Wildman–Crippen MR) is 45.8 cm³/mol. The summed E-state index contributed by atoms with van der Waals surface area (Å²) in [6.07, 6.45) is 0. The van der Waals surface area contributed by atoms with Gasteiger partial charge < -0.3 is 14.9 Å². The average molecular weight is 293 g/mol. The number of hydrogen-bond acceptors (Lipinski definition) is 0. The van der Waals surface area contributed by atoms with E-state index >= 15 is 0 Å². The van der Waals surface area contributed by atoms with Gasteiger partial charge in [-0.3, -0.25) is 0 Å². The van der Waals surface area contributed by atoms with Crippen molar-refractivity contribution < 1.29 is 37.1 Å². The molecule has 0 atom stereocenters. The molecule has 0 spiro atoms. The largest absolute Gasteiger partial charge is 3.00 e. The van der Waals surface area contributed by atoms with Gasteiger partial charge in [0, 0.05) is 5.82 Å².